The Morgan fingerprint density at radius 3 is 2.60 bits per heavy atom. The number of urea groups is 1. The molecule has 4 bridgehead atoms. The summed E-state index contributed by atoms with van der Waals surface area (Å²) in [6.07, 6.45) is 1.25. The van der Waals surface area contributed by atoms with E-state index in [-0.39, 0.29) is 0 Å². The van der Waals surface area contributed by atoms with Crippen LogP contribution in [0.3, 0.4) is 0 Å². The highest BCUT2D eigenvalue weighted by Crippen LogP contribution is 2.74. The van der Waals surface area contributed by atoms with Gasteiger partial charge in [-0.2, -0.15) is 5.10 Å². The average Bonchev–Trinajstić information content (AvgIpc) is 2.52. The lowest BCUT2D eigenvalue weighted by Crippen LogP contribution is -2.28. The number of rotatable bonds is 2. The summed E-state index contributed by atoms with van der Waals surface area (Å²) in [6, 6.07) is -0.602. The van der Waals surface area contributed by atoms with Gasteiger partial charge in [-0.15, -0.1) is 11.6 Å². The predicted molar refractivity (Wildman–Crippen MR) is 57.5 cm³/mol. The van der Waals surface area contributed by atoms with E-state index in [1.54, 1.807) is 0 Å². The molecular weight excluding hydrogens is 214 g/mol. The molecular formula is C10H14ClN3O. The Kier molecular flexibility index (Phi) is 1.81. The lowest BCUT2D eigenvalue weighted by Gasteiger charge is -2.16. The molecule has 82 valence electrons. The maximum absolute atomic E-state index is 10.5. The Bertz CT molecular complexity index is 357. The van der Waals surface area contributed by atoms with Crippen LogP contribution in [0.15, 0.2) is 5.10 Å². The maximum Gasteiger partial charge on any atom is 0.332 e. The third-order valence-corrected chi connectivity index (χ3v) is 4.93. The van der Waals surface area contributed by atoms with Gasteiger partial charge in [-0.05, 0) is 37.0 Å². The monoisotopic (exact) mass is 227 g/mol. The van der Waals surface area contributed by atoms with E-state index >= 15 is 0 Å². The summed E-state index contributed by atoms with van der Waals surface area (Å²) in [5.41, 5.74) is 8.26. The second-order valence-electron chi connectivity index (χ2n) is 4.92. The predicted octanol–water partition coefficient (Wildman–Crippen LogP) is 1.15. The number of amides is 2. The molecule has 4 rings (SSSR count). The molecule has 15 heavy (non-hydrogen) atoms. The molecule has 6 atom stereocenters. The van der Waals surface area contributed by atoms with Crippen LogP contribution in [0, 0.1) is 29.6 Å². The zero-order valence-corrected chi connectivity index (χ0v) is 9.24. The van der Waals surface area contributed by atoms with Gasteiger partial charge in [0, 0.05) is 17.0 Å². The molecule has 4 aliphatic carbocycles. The van der Waals surface area contributed by atoms with Gasteiger partial charge in [-0.25, -0.2) is 10.2 Å². The summed E-state index contributed by atoms with van der Waals surface area (Å²) in [7, 11) is 0. The van der Waals surface area contributed by atoms with E-state index in [4.69, 9.17) is 17.3 Å². The highest BCUT2D eigenvalue weighted by molar-refractivity contribution is 6.22. The Hall–Kier alpha value is -0.770. The third kappa shape index (κ3) is 1.14. The van der Waals surface area contributed by atoms with Crippen LogP contribution in [-0.4, -0.2) is 17.1 Å². The van der Waals surface area contributed by atoms with E-state index in [0.29, 0.717) is 17.2 Å². The fourth-order valence-electron chi connectivity index (χ4n) is 3.86. The standard InChI is InChI=1S/C10H14ClN3O/c1-3(13-14-10(12)15)6-5-2-4-7(6)8(4)9(5)11/h4-9H,2H2,1H3,(H3,12,14,15)/b13-3-. The Labute approximate surface area is 93.2 Å². The number of nitrogens with zero attached hydrogens (tertiary/aromatic N) is 1. The van der Waals surface area contributed by atoms with Crippen molar-refractivity contribution in [2.24, 2.45) is 40.4 Å². The first-order valence-electron chi connectivity index (χ1n) is 5.35. The van der Waals surface area contributed by atoms with Gasteiger partial charge in [0.1, 0.15) is 0 Å². The minimum atomic E-state index is -0.602. The zero-order chi connectivity index (χ0) is 10.7. The van der Waals surface area contributed by atoms with Crippen LogP contribution >= 0.6 is 11.6 Å². The van der Waals surface area contributed by atoms with Gasteiger partial charge < -0.3 is 5.73 Å². The number of carbonyl (C=O) groups excluding carboxylic acids is 1. The molecule has 0 aromatic heterocycles. The van der Waals surface area contributed by atoms with Crippen LogP contribution in [0.5, 0.6) is 0 Å². The molecule has 0 heterocycles. The second-order valence-corrected chi connectivity index (χ2v) is 5.42. The highest BCUT2D eigenvalue weighted by atomic mass is 35.5. The number of hydrogen-bond acceptors (Lipinski definition) is 2. The Balaban J connectivity index is 1.75. The van der Waals surface area contributed by atoms with Gasteiger partial charge in [-0.3, -0.25) is 0 Å². The number of halogens is 1. The van der Waals surface area contributed by atoms with Crippen LogP contribution in [0.1, 0.15) is 13.3 Å². The smallest absolute Gasteiger partial charge is 0.332 e. The molecule has 6 unspecified atom stereocenters. The second kappa shape index (κ2) is 2.88. The van der Waals surface area contributed by atoms with Crippen LogP contribution in [-0.2, 0) is 0 Å². The van der Waals surface area contributed by atoms with E-state index in [1.807, 2.05) is 6.92 Å². The number of nitrogens with two attached hydrogens (primary N) is 1. The topological polar surface area (TPSA) is 67.5 Å². The fraction of sp³-hybridized carbons (Fsp3) is 0.800. The molecule has 5 heteroatoms. The molecule has 4 fully saturated rings. The average molecular weight is 228 g/mol. The molecule has 0 aliphatic heterocycles. The first kappa shape index (κ1) is 9.46. The van der Waals surface area contributed by atoms with Crippen molar-refractivity contribution < 1.29 is 4.79 Å². The van der Waals surface area contributed by atoms with Gasteiger partial charge in [0.05, 0.1) is 0 Å². The Morgan fingerprint density at radius 2 is 2.20 bits per heavy atom. The fourth-order valence-corrected chi connectivity index (χ4v) is 4.48. The molecule has 0 aromatic carbocycles. The van der Waals surface area contributed by atoms with Crippen LogP contribution in [0.4, 0.5) is 4.79 Å². The first-order valence-corrected chi connectivity index (χ1v) is 5.78. The van der Waals surface area contributed by atoms with E-state index in [2.05, 4.69) is 10.5 Å². The molecule has 2 amide bonds. The lowest BCUT2D eigenvalue weighted by atomic mass is 9.94. The molecule has 0 radical (unpaired) electrons. The molecule has 4 saturated carbocycles. The van der Waals surface area contributed by atoms with Crippen molar-refractivity contribution in [3.05, 3.63) is 0 Å². The largest absolute Gasteiger partial charge is 0.350 e. The van der Waals surface area contributed by atoms with Crippen molar-refractivity contribution in [2.45, 2.75) is 18.7 Å². The number of carbonyl (C=O) groups is 1. The Morgan fingerprint density at radius 1 is 1.47 bits per heavy atom. The van der Waals surface area contributed by atoms with Crippen molar-refractivity contribution >= 4 is 23.3 Å². The van der Waals surface area contributed by atoms with E-state index in [1.165, 1.54) is 6.42 Å². The molecule has 0 spiro atoms. The van der Waals surface area contributed by atoms with Gasteiger partial charge in [0.15, 0.2) is 0 Å². The molecule has 4 aliphatic rings. The van der Waals surface area contributed by atoms with E-state index in [0.717, 1.165) is 23.5 Å². The van der Waals surface area contributed by atoms with Crippen molar-refractivity contribution in [1.82, 2.24) is 5.43 Å². The van der Waals surface area contributed by atoms with Gasteiger partial charge >= 0.3 is 6.03 Å². The lowest BCUT2D eigenvalue weighted by molar-refractivity contribution is 0.249. The minimum absolute atomic E-state index is 0.337. The maximum atomic E-state index is 10.5. The quantitative estimate of drug-likeness (QED) is 0.415. The highest BCUT2D eigenvalue weighted by Gasteiger charge is 2.73. The first-order chi connectivity index (χ1) is 7.11. The van der Waals surface area contributed by atoms with Crippen molar-refractivity contribution in [3.8, 4) is 0 Å². The minimum Gasteiger partial charge on any atom is -0.350 e. The van der Waals surface area contributed by atoms with E-state index in [9.17, 15) is 4.79 Å². The number of nitrogens with one attached hydrogen (secondary N) is 1. The molecule has 3 N–H and O–H groups in total. The number of primary amides is 1. The van der Waals surface area contributed by atoms with Crippen molar-refractivity contribution in [2.75, 3.05) is 0 Å². The zero-order valence-electron chi connectivity index (χ0n) is 8.48. The summed E-state index contributed by atoms with van der Waals surface area (Å²) in [5, 5.41) is 4.36. The van der Waals surface area contributed by atoms with Gasteiger partial charge in [0.2, 0.25) is 0 Å². The molecule has 0 aromatic rings. The van der Waals surface area contributed by atoms with Crippen LogP contribution in [0.2, 0.25) is 0 Å². The number of hydrazone groups is 1. The summed E-state index contributed by atoms with van der Waals surface area (Å²) in [5.74, 6) is 3.34. The number of alkyl halides is 1. The van der Waals surface area contributed by atoms with Crippen molar-refractivity contribution in [1.29, 1.82) is 0 Å². The van der Waals surface area contributed by atoms with Gasteiger partial charge in [0.25, 0.3) is 0 Å². The molecule has 4 nitrogen and oxygen atoms in total. The van der Waals surface area contributed by atoms with Gasteiger partial charge in [-0.1, -0.05) is 0 Å². The SMILES string of the molecule is C/C(=N/NC(N)=O)C1C2CC3C(C2Cl)C31. The summed E-state index contributed by atoms with van der Waals surface area (Å²) >= 11 is 6.33. The third-order valence-electron chi connectivity index (χ3n) is 4.31. The summed E-state index contributed by atoms with van der Waals surface area (Å²) in [4.78, 5) is 10.5. The van der Waals surface area contributed by atoms with Crippen LogP contribution in [0.25, 0.3) is 0 Å². The number of hydrogen-bond donors (Lipinski definition) is 2. The van der Waals surface area contributed by atoms with Crippen molar-refractivity contribution in [3.63, 3.8) is 0 Å². The van der Waals surface area contributed by atoms with Crippen LogP contribution < -0.4 is 11.2 Å². The van der Waals surface area contributed by atoms with E-state index < -0.39 is 6.03 Å². The summed E-state index contributed by atoms with van der Waals surface area (Å²) in [6.45, 7) is 1.96. The summed E-state index contributed by atoms with van der Waals surface area (Å²) < 4.78 is 0. The normalized spacial score (nSPS) is 50.7. The molecule has 0 saturated heterocycles.